The Morgan fingerprint density at radius 1 is 1.40 bits per heavy atom. The first-order valence-electron chi connectivity index (χ1n) is 5.20. The van der Waals surface area contributed by atoms with E-state index < -0.39 is 0 Å². The van der Waals surface area contributed by atoms with E-state index in [9.17, 15) is 0 Å². The summed E-state index contributed by atoms with van der Waals surface area (Å²) in [5.41, 5.74) is 2.41. The zero-order chi connectivity index (χ0) is 11.4. The van der Waals surface area contributed by atoms with E-state index in [-0.39, 0.29) is 6.04 Å². The average Bonchev–Trinajstić information content (AvgIpc) is 2.62. The van der Waals surface area contributed by atoms with Gasteiger partial charge in [-0.05, 0) is 38.3 Å². The van der Waals surface area contributed by atoms with Gasteiger partial charge in [0.05, 0.1) is 16.6 Å². The molecule has 1 atom stereocenters. The third-order valence-electron chi connectivity index (χ3n) is 2.18. The summed E-state index contributed by atoms with van der Waals surface area (Å²) in [6.07, 6.45) is 2.21. The Morgan fingerprint density at radius 2 is 2.07 bits per heavy atom. The molecule has 0 aromatic carbocycles. The van der Waals surface area contributed by atoms with Gasteiger partial charge in [-0.1, -0.05) is 30.0 Å². The van der Waals surface area contributed by atoms with Crippen LogP contribution in [0.2, 0.25) is 0 Å². The number of hydrogen-bond acceptors (Lipinski definition) is 4. The lowest BCUT2D eigenvalue weighted by molar-refractivity contribution is 0.693. The highest BCUT2D eigenvalue weighted by Gasteiger charge is 2.17. The van der Waals surface area contributed by atoms with Crippen molar-refractivity contribution in [1.82, 2.24) is 14.9 Å². The van der Waals surface area contributed by atoms with Crippen LogP contribution in [-0.4, -0.2) is 16.6 Å². The summed E-state index contributed by atoms with van der Waals surface area (Å²) in [5.74, 6) is 0.431. The molecular formula is C11H19N3S. The average molecular weight is 225 g/mol. The smallest absolute Gasteiger partial charge is 0.0832 e. The number of aromatic nitrogens is 2. The monoisotopic (exact) mass is 225 g/mol. The Bertz CT molecular complexity index is 337. The van der Waals surface area contributed by atoms with Crippen LogP contribution in [0.5, 0.6) is 0 Å². The highest BCUT2D eigenvalue weighted by Crippen LogP contribution is 2.27. The SMILES string of the molecule is CNC(C=C(C)C)c1snnc1C(C)C. The van der Waals surface area contributed by atoms with Crippen molar-refractivity contribution < 1.29 is 0 Å². The van der Waals surface area contributed by atoms with Gasteiger partial charge in [0.2, 0.25) is 0 Å². The lowest BCUT2D eigenvalue weighted by Gasteiger charge is -2.12. The first-order chi connectivity index (χ1) is 7.06. The third-order valence-corrected chi connectivity index (χ3v) is 3.00. The molecule has 1 N–H and O–H groups in total. The van der Waals surface area contributed by atoms with Crippen molar-refractivity contribution in [1.29, 1.82) is 0 Å². The molecule has 0 amide bonds. The molecule has 0 fully saturated rings. The largest absolute Gasteiger partial charge is 0.309 e. The summed E-state index contributed by atoms with van der Waals surface area (Å²) >= 11 is 1.48. The predicted molar refractivity (Wildman–Crippen MR) is 65.2 cm³/mol. The number of nitrogens with one attached hydrogen (secondary N) is 1. The van der Waals surface area contributed by atoms with Gasteiger partial charge in [-0.2, -0.15) is 0 Å². The van der Waals surface area contributed by atoms with E-state index in [1.807, 2.05) is 7.05 Å². The van der Waals surface area contributed by atoms with Gasteiger partial charge in [0.15, 0.2) is 0 Å². The van der Waals surface area contributed by atoms with Crippen LogP contribution < -0.4 is 5.32 Å². The Balaban J connectivity index is 3.02. The van der Waals surface area contributed by atoms with Crippen LogP contribution in [0.3, 0.4) is 0 Å². The standard InChI is InChI=1S/C11H19N3S/c1-7(2)6-9(12-5)11-10(8(3)4)13-14-15-11/h6,8-9,12H,1-5H3. The maximum Gasteiger partial charge on any atom is 0.0832 e. The van der Waals surface area contributed by atoms with Crippen LogP contribution in [0.1, 0.15) is 50.2 Å². The molecule has 0 saturated heterocycles. The fraction of sp³-hybridized carbons (Fsp3) is 0.636. The maximum absolute atomic E-state index is 4.19. The van der Waals surface area contributed by atoms with Crippen LogP contribution in [0.4, 0.5) is 0 Å². The van der Waals surface area contributed by atoms with Crippen LogP contribution in [0.25, 0.3) is 0 Å². The molecule has 1 aromatic rings. The molecule has 0 bridgehead atoms. The van der Waals surface area contributed by atoms with Gasteiger partial charge < -0.3 is 5.32 Å². The first-order valence-corrected chi connectivity index (χ1v) is 5.98. The van der Waals surface area contributed by atoms with Crippen molar-refractivity contribution in [2.24, 2.45) is 0 Å². The van der Waals surface area contributed by atoms with Crippen molar-refractivity contribution in [3.63, 3.8) is 0 Å². The van der Waals surface area contributed by atoms with Gasteiger partial charge in [0.25, 0.3) is 0 Å². The number of hydrogen-bond donors (Lipinski definition) is 1. The van der Waals surface area contributed by atoms with E-state index in [1.165, 1.54) is 22.0 Å². The summed E-state index contributed by atoms with van der Waals surface area (Å²) in [6, 6.07) is 0.243. The molecule has 1 heterocycles. The van der Waals surface area contributed by atoms with Crippen LogP contribution in [0, 0.1) is 0 Å². The quantitative estimate of drug-likeness (QED) is 0.801. The lowest BCUT2D eigenvalue weighted by Crippen LogP contribution is -2.15. The fourth-order valence-electron chi connectivity index (χ4n) is 1.44. The van der Waals surface area contributed by atoms with Crippen molar-refractivity contribution >= 4 is 11.5 Å². The van der Waals surface area contributed by atoms with Crippen molar-refractivity contribution in [3.8, 4) is 0 Å². The zero-order valence-corrected chi connectivity index (χ0v) is 10.9. The Morgan fingerprint density at radius 3 is 2.53 bits per heavy atom. The Hall–Kier alpha value is -0.740. The van der Waals surface area contributed by atoms with Crippen LogP contribution in [0.15, 0.2) is 11.6 Å². The topological polar surface area (TPSA) is 37.8 Å². The van der Waals surface area contributed by atoms with E-state index in [2.05, 4.69) is 48.7 Å². The summed E-state index contributed by atoms with van der Waals surface area (Å²) in [6.45, 7) is 8.51. The van der Waals surface area contributed by atoms with E-state index in [4.69, 9.17) is 0 Å². The summed E-state index contributed by atoms with van der Waals surface area (Å²) in [7, 11) is 1.97. The van der Waals surface area contributed by atoms with Gasteiger partial charge in [-0.3, -0.25) is 0 Å². The normalized spacial score (nSPS) is 12.9. The molecule has 1 unspecified atom stereocenters. The number of nitrogens with zero attached hydrogens (tertiary/aromatic N) is 2. The third kappa shape index (κ3) is 3.11. The lowest BCUT2D eigenvalue weighted by atomic mass is 10.0. The zero-order valence-electron chi connectivity index (χ0n) is 10.0. The van der Waals surface area contributed by atoms with Crippen LogP contribution >= 0.6 is 11.5 Å². The van der Waals surface area contributed by atoms with Gasteiger partial charge in [-0.15, -0.1) is 5.10 Å². The van der Waals surface area contributed by atoms with Crippen molar-refractivity contribution in [2.75, 3.05) is 7.05 Å². The second kappa shape index (κ2) is 5.37. The summed E-state index contributed by atoms with van der Waals surface area (Å²) in [5, 5.41) is 7.48. The van der Waals surface area contributed by atoms with Gasteiger partial charge in [-0.25, -0.2) is 0 Å². The highest BCUT2D eigenvalue weighted by molar-refractivity contribution is 7.05. The Labute approximate surface area is 95.8 Å². The molecular weight excluding hydrogens is 206 g/mol. The number of likely N-dealkylation sites (N-methyl/N-ethyl adjacent to an activating group) is 1. The van der Waals surface area contributed by atoms with E-state index in [0.717, 1.165) is 5.69 Å². The van der Waals surface area contributed by atoms with Gasteiger partial charge in [0.1, 0.15) is 0 Å². The van der Waals surface area contributed by atoms with Gasteiger partial charge >= 0.3 is 0 Å². The fourth-order valence-corrected chi connectivity index (χ4v) is 2.33. The van der Waals surface area contributed by atoms with E-state index in [0.29, 0.717) is 5.92 Å². The second-order valence-electron chi connectivity index (χ2n) is 4.19. The molecule has 1 aromatic heterocycles. The molecule has 0 aliphatic carbocycles. The first kappa shape index (κ1) is 12.3. The molecule has 3 nitrogen and oxygen atoms in total. The molecule has 1 rings (SSSR count). The van der Waals surface area contributed by atoms with Crippen LogP contribution in [-0.2, 0) is 0 Å². The Kier molecular flexibility index (Phi) is 4.42. The molecule has 0 spiro atoms. The number of allylic oxidation sites excluding steroid dienone is 1. The van der Waals surface area contributed by atoms with Gasteiger partial charge in [0, 0.05) is 0 Å². The molecule has 0 aliphatic rings. The van der Waals surface area contributed by atoms with Crippen molar-refractivity contribution in [3.05, 3.63) is 22.2 Å². The molecule has 0 radical (unpaired) electrons. The molecule has 0 aliphatic heterocycles. The van der Waals surface area contributed by atoms with E-state index >= 15 is 0 Å². The molecule has 15 heavy (non-hydrogen) atoms. The maximum atomic E-state index is 4.19. The van der Waals surface area contributed by atoms with E-state index in [1.54, 1.807) is 0 Å². The molecule has 0 saturated carbocycles. The van der Waals surface area contributed by atoms with Crippen molar-refractivity contribution in [2.45, 2.75) is 39.7 Å². The number of rotatable bonds is 4. The minimum absolute atomic E-state index is 0.243. The molecule has 4 heteroatoms. The minimum atomic E-state index is 0.243. The highest BCUT2D eigenvalue weighted by atomic mass is 32.1. The molecule has 84 valence electrons. The predicted octanol–water partition coefficient (Wildman–Crippen LogP) is 2.89. The minimum Gasteiger partial charge on any atom is -0.309 e. The second-order valence-corrected chi connectivity index (χ2v) is 4.97. The summed E-state index contributed by atoms with van der Waals surface area (Å²) < 4.78 is 4.04. The summed E-state index contributed by atoms with van der Waals surface area (Å²) in [4.78, 5) is 1.23.